The van der Waals surface area contributed by atoms with Gasteiger partial charge < -0.3 is 14.2 Å². The molecule has 1 aliphatic rings. The Kier molecular flexibility index (Phi) is 4.32. The average molecular weight is 364 g/mol. The molecule has 138 valence electrons. The molecule has 0 radical (unpaired) electrons. The standard InChI is InChI=1S/C21H20N2O4/c1-25-15-7-8-16-14(12-15)11-13-9-10-23(20(13)22-16)21(24)19-17(26-2)5-4-6-18(19)27-3/h4-8,11-12H,9-10H2,1-3H3. The number of pyridine rings is 1. The van der Waals surface area contributed by atoms with E-state index in [1.165, 1.54) is 0 Å². The van der Waals surface area contributed by atoms with Gasteiger partial charge in [-0.15, -0.1) is 0 Å². The number of nitrogens with zero attached hydrogens (tertiary/aromatic N) is 2. The minimum atomic E-state index is -0.177. The summed E-state index contributed by atoms with van der Waals surface area (Å²) in [6.45, 7) is 0.565. The minimum Gasteiger partial charge on any atom is -0.497 e. The maximum Gasteiger partial charge on any atom is 0.267 e. The van der Waals surface area contributed by atoms with Crippen molar-refractivity contribution >= 4 is 22.6 Å². The molecule has 0 saturated carbocycles. The highest BCUT2D eigenvalue weighted by molar-refractivity contribution is 6.10. The fourth-order valence-electron chi connectivity index (χ4n) is 3.47. The van der Waals surface area contributed by atoms with Crippen molar-refractivity contribution in [1.82, 2.24) is 4.98 Å². The lowest BCUT2D eigenvalue weighted by molar-refractivity contribution is 0.0982. The highest BCUT2D eigenvalue weighted by Crippen LogP contribution is 2.35. The van der Waals surface area contributed by atoms with Crippen LogP contribution in [-0.4, -0.2) is 38.8 Å². The second kappa shape index (κ2) is 6.79. The van der Waals surface area contributed by atoms with Crippen LogP contribution in [0.2, 0.25) is 0 Å². The summed E-state index contributed by atoms with van der Waals surface area (Å²) < 4.78 is 16.1. The van der Waals surface area contributed by atoms with Crippen LogP contribution in [-0.2, 0) is 6.42 Å². The summed E-state index contributed by atoms with van der Waals surface area (Å²) >= 11 is 0. The molecule has 0 atom stereocenters. The Balaban J connectivity index is 1.79. The van der Waals surface area contributed by atoms with Crippen molar-refractivity contribution in [2.75, 3.05) is 32.8 Å². The first-order valence-corrected chi connectivity index (χ1v) is 8.66. The monoisotopic (exact) mass is 364 g/mol. The van der Waals surface area contributed by atoms with Gasteiger partial charge in [0.1, 0.15) is 28.6 Å². The molecule has 0 bridgehead atoms. The summed E-state index contributed by atoms with van der Waals surface area (Å²) in [7, 11) is 4.73. The predicted octanol–water partition coefficient (Wildman–Crippen LogP) is 3.46. The molecule has 1 amide bonds. The van der Waals surface area contributed by atoms with Gasteiger partial charge in [-0.3, -0.25) is 9.69 Å². The fraction of sp³-hybridized carbons (Fsp3) is 0.238. The number of amides is 1. The first-order chi connectivity index (χ1) is 13.2. The van der Waals surface area contributed by atoms with E-state index in [-0.39, 0.29) is 5.91 Å². The second-order valence-electron chi connectivity index (χ2n) is 6.27. The number of hydrogen-bond acceptors (Lipinski definition) is 5. The Morgan fingerprint density at radius 1 is 1.00 bits per heavy atom. The molecule has 0 N–H and O–H groups in total. The van der Waals surface area contributed by atoms with Crippen LogP contribution < -0.4 is 19.1 Å². The molecular weight excluding hydrogens is 344 g/mol. The summed E-state index contributed by atoms with van der Waals surface area (Å²) in [6.07, 6.45) is 0.749. The van der Waals surface area contributed by atoms with Gasteiger partial charge in [0, 0.05) is 11.9 Å². The van der Waals surface area contributed by atoms with Crippen LogP contribution in [0.1, 0.15) is 15.9 Å². The van der Waals surface area contributed by atoms with Gasteiger partial charge in [0.25, 0.3) is 5.91 Å². The second-order valence-corrected chi connectivity index (χ2v) is 6.27. The van der Waals surface area contributed by atoms with Gasteiger partial charge in [0.15, 0.2) is 0 Å². The van der Waals surface area contributed by atoms with E-state index in [9.17, 15) is 4.79 Å². The number of methoxy groups -OCH3 is 3. The molecular formula is C21H20N2O4. The predicted molar refractivity (Wildman–Crippen MR) is 103 cm³/mol. The number of carbonyl (C=O) groups excluding carboxylic acids is 1. The van der Waals surface area contributed by atoms with Crippen molar-refractivity contribution in [3.05, 3.63) is 53.6 Å². The Bertz CT molecular complexity index is 1010. The van der Waals surface area contributed by atoms with Crippen molar-refractivity contribution in [3.8, 4) is 17.2 Å². The zero-order chi connectivity index (χ0) is 19.0. The van der Waals surface area contributed by atoms with Gasteiger partial charge in [0.2, 0.25) is 0 Å². The highest BCUT2D eigenvalue weighted by Gasteiger charge is 2.31. The van der Waals surface area contributed by atoms with Crippen LogP contribution in [0.4, 0.5) is 5.82 Å². The summed E-state index contributed by atoms with van der Waals surface area (Å²) in [6, 6.07) is 13.1. The van der Waals surface area contributed by atoms with E-state index in [2.05, 4.69) is 6.07 Å². The third kappa shape index (κ3) is 2.83. The third-order valence-electron chi connectivity index (χ3n) is 4.83. The summed E-state index contributed by atoms with van der Waals surface area (Å²) in [5.74, 6) is 2.26. The first kappa shape index (κ1) is 17.1. The van der Waals surface area contributed by atoms with Crippen LogP contribution in [0.5, 0.6) is 17.2 Å². The maximum absolute atomic E-state index is 13.3. The molecule has 4 rings (SSSR count). The molecule has 6 heteroatoms. The maximum atomic E-state index is 13.3. The van der Waals surface area contributed by atoms with Crippen LogP contribution >= 0.6 is 0 Å². The summed E-state index contributed by atoms with van der Waals surface area (Å²) in [5, 5.41) is 0.997. The molecule has 0 saturated heterocycles. The Morgan fingerprint density at radius 2 is 1.74 bits per heavy atom. The minimum absolute atomic E-state index is 0.177. The number of aromatic nitrogens is 1. The average Bonchev–Trinajstić information content (AvgIpc) is 3.13. The van der Waals surface area contributed by atoms with E-state index in [0.717, 1.165) is 28.6 Å². The van der Waals surface area contributed by atoms with Crippen molar-refractivity contribution < 1.29 is 19.0 Å². The lowest BCUT2D eigenvalue weighted by Gasteiger charge is -2.20. The molecule has 1 aliphatic heterocycles. The van der Waals surface area contributed by atoms with Crippen molar-refractivity contribution in [1.29, 1.82) is 0 Å². The zero-order valence-corrected chi connectivity index (χ0v) is 15.5. The lowest BCUT2D eigenvalue weighted by Crippen LogP contribution is -2.30. The van der Waals surface area contributed by atoms with Crippen LogP contribution in [0.25, 0.3) is 10.9 Å². The van der Waals surface area contributed by atoms with Crippen molar-refractivity contribution in [2.45, 2.75) is 6.42 Å². The zero-order valence-electron chi connectivity index (χ0n) is 15.5. The number of fused-ring (bicyclic) bond motifs is 2. The van der Waals surface area contributed by atoms with Crippen molar-refractivity contribution in [2.24, 2.45) is 0 Å². The number of hydrogen-bond donors (Lipinski definition) is 0. The number of anilines is 1. The van der Waals surface area contributed by atoms with E-state index in [4.69, 9.17) is 19.2 Å². The SMILES string of the molecule is COc1ccc2nc3c(cc2c1)CCN3C(=O)c1c(OC)cccc1OC. The van der Waals surface area contributed by atoms with Crippen molar-refractivity contribution in [3.63, 3.8) is 0 Å². The van der Waals surface area contributed by atoms with Crippen LogP contribution in [0.3, 0.4) is 0 Å². The van der Waals surface area contributed by atoms with E-state index < -0.39 is 0 Å². The lowest BCUT2D eigenvalue weighted by atomic mass is 10.1. The highest BCUT2D eigenvalue weighted by atomic mass is 16.5. The normalized spacial score (nSPS) is 12.8. The van der Waals surface area contributed by atoms with Gasteiger partial charge >= 0.3 is 0 Å². The van der Waals surface area contributed by atoms with E-state index in [1.807, 2.05) is 18.2 Å². The molecule has 0 aliphatic carbocycles. The summed E-state index contributed by atoms with van der Waals surface area (Å²) in [5.41, 5.74) is 2.27. The topological polar surface area (TPSA) is 60.9 Å². The summed E-state index contributed by atoms with van der Waals surface area (Å²) in [4.78, 5) is 19.7. The smallest absolute Gasteiger partial charge is 0.267 e. The van der Waals surface area contributed by atoms with Crippen LogP contribution in [0.15, 0.2) is 42.5 Å². The molecule has 0 unspecified atom stereocenters. The van der Waals surface area contributed by atoms with Gasteiger partial charge in [-0.2, -0.15) is 0 Å². The quantitative estimate of drug-likeness (QED) is 0.709. The van der Waals surface area contributed by atoms with Crippen LogP contribution in [0, 0.1) is 0 Å². The number of rotatable bonds is 4. The fourth-order valence-corrected chi connectivity index (χ4v) is 3.47. The van der Waals surface area contributed by atoms with Gasteiger partial charge in [-0.25, -0.2) is 4.98 Å². The van der Waals surface area contributed by atoms with E-state index in [1.54, 1.807) is 44.4 Å². The molecule has 1 aromatic heterocycles. The molecule has 0 spiro atoms. The molecule has 3 aromatic rings. The molecule has 27 heavy (non-hydrogen) atoms. The molecule has 0 fully saturated rings. The Hall–Kier alpha value is -3.28. The number of carbonyl (C=O) groups is 1. The third-order valence-corrected chi connectivity index (χ3v) is 4.83. The molecule has 2 heterocycles. The molecule has 2 aromatic carbocycles. The Labute approximate surface area is 157 Å². The number of benzene rings is 2. The van der Waals surface area contributed by atoms with E-state index >= 15 is 0 Å². The van der Waals surface area contributed by atoms with Gasteiger partial charge in [0.05, 0.1) is 26.8 Å². The van der Waals surface area contributed by atoms with E-state index in [0.29, 0.717) is 29.4 Å². The van der Waals surface area contributed by atoms with Gasteiger partial charge in [-0.1, -0.05) is 6.07 Å². The van der Waals surface area contributed by atoms with Gasteiger partial charge in [-0.05, 0) is 48.4 Å². The largest absolute Gasteiger partial charge is 0.497 e. The molecule has 6 nitrogen and oxygen atoms in total. The first-order valence-electron chi connectivity index (χ1n) is 8.66. The number of ether oxygens (including phenoxy) is 3. The Morgan fingerprint density at radius 3 is 2.41 bits per heavy atom.